The Kier molecular flexibility index (Phi) is 3.53. The van der Waals surface area contributed by atoms with Crippen LogP contribution in [0.25, 0.3) is 11.3 Å². The molecule has 2 rings (SSSR count). The topological polar surface area (TPSA) is 79.8 Å². The lowest BCUT2D eigenvalue weighted by Crippen LogP contribution is -1.94. The number of nitro groups is 1. The Morgan fingerprint density at radius 3 is 2.68 bits per heavy atom. The van der Waals surface area contributed by atoms with Gasteiger partial charge in [0.05, 0.1) is 26.7 Å². The van der Waals surface area contributed by atoms with Gasteiger partial charge in [-0.3, -0.25) is 10.1 Å². The van der Waals surface area contributed by atoms with Gasteiger partial charge >= 0.3 is 0 Å². The van der Waals surface area contributed by atoms with Crippen molar-refractivity contribution in [3.63, 3.8) is 0 Å². The van der Waals surface area contributed by atoms with Crippen LogP contribution in [0.4, 0.5) is 10.1 Å². The number of halogens is 2. The van der Waals surface area contributed by atoms with Crippen LogP contribution < -0.4 is 0 Å². The van der Waals surface area contributed by atoms with Gasteiger partial charge in [-0.1, -0.05) is 0 Å². The van der Waals surface area contributed by atoms with E-state index in [1.165, 1.54) is 18.2 Å². The van der Waals surface area contributed by atoms with E-state index in [0.29, 0.717) is 4.47 Å². The molecule has 0 saturated heterocycles. The van der Waals surface area contributed by atoms with Crippen LogP contribution in [0, 0.1) is 27.3 Å². The Bertz CT molecular complexity index is 713. The van der Waals surface area contributed by atoms with E-state index >= 15 is 0 Å². The first-order valence-electron chi connectivity index (χ1n) is 5.03. The van der Waals surface area contributed by atoms with Crippen molar-refractivity contribution in [3.8, 4) is 17.3 Å². The highest BCUT2D eigenvalue weighted by Gasteiger charge is 2.15. The quantitative estimate of drug-likeness (QED) is 0.627. The van der Waals surface area contributed by atoms with Gasteiger partial charge in [-0.2, -0.15) is 5.26 Å². The maximum absolute atomic E-state index is 13.8. The second kappa shape index (κ2) is 5.12. The molecule has 0 N–H and O–H groups in total. The van der Waals surface area contributed by atoms with Crippen molar-refractivity contribution in [3.05, 3.63) is 56.4 Å². The lowest BCUT2D eigenvalue weighted by atomic mass is 10.1. The number of benzene rings is 1. The fraction of sp³-hybridized carbons (Fsp3) is 0. The summed E-state index contributed by atoms with van der Waals surface area (Å²) in [6, 6.07) is 7.02. The van der Waals surface area contributed by atoms with Crippen molar-refractivity contribution in [1.29, 1.82) is 5.26 Å². The highest BCUT2D eigenvalue weighted by atomic mass is 79.9. The Morgan fingerprint density at radius 1 is 1.42 bits per heavy atom. The molecule has 0 saturated carbocycles. The first-order chi connectivity index (χ1) is 9.02. The second-order valence-corrected chi connectivity index (χ2v) is 4.44. The van der Waals surface area contributed by atoms with Crippen LogP contribution >= 0.6 is 15.9 Å². The zero-order chi connectivity index (χ0) is 14.0. The Hall–Kier alpha value is -2.33. The fourth-order valence-electron chi connectivity index (χ4n) is 1.50. The summed E-state index contributed by atoms with van der Waals surface area (Å²) in [5.74, 6) is -0.610. The fourth-order valence-corrected chi connectivity index (χ4v) is 2.05. The first kappa shape index (κ1) is 13.1. The number of pyridine rings is 1. The van der Waals surface area contributed by atoms with E-state index in [2.05, 4.69) is 20.9 Å². The number of nitrogens with zero attached hydrogens (tertiary/aromatic N) is 3. The van der Waals surface area contributed by atoms with Crippen LogP contribution in [0.3, 0.4) is 0 Å². The van der Waals surface area contributed by atoms with E-state index < -0.39 is 10.7 Å². The molecule has 1 heterocycles. The van der Waals surface area contributed by atoms with Gasteiger partial charge in [0.15, 0.2) is 0 Å². The molecular weight excluding hydrogens is 317 g/mol. The van der Waals surface area contributed by atoms with E-state index in [9.17, 15) is 14.5 Å². The van der Waals surface area contributed by atoms with Crippen LogP contribution in [0.15, 0.2) is 34.9 Å². The third-order valence-electron chi connectivity index (χ3n) is 2.39. The van der Waals surface area contributed by atoms with E-state index in [1.807, 2.05) is 6.07 Å². The molecule has 0 fully saturated rings. The molecule has 19 heavy (non-hydrogen) atoms. The van der Waals surface area contributed by atoms with E-state index in [4.69, 9.17) is 5.26 Å². The SMILES string of the molecule is N#Cc1ccc(-c2ncc([N+](=O)[O-])cc2Br)c(F)c1. The molecule has 1 aromatic heterocycles. The summed E-state index contributed by atoms with van der Waals surface area (Å²) < 4.78 is 14.1. The van der Waals surface area contributed by atoms with Gasteiger partial charge in [-0.05, 0) is 34.1 Å². The zero-order valence-electron chi connectivity index (χ0n) is 9.30. The van der Waals surface area contributed by atoms with Crippen molar-refractivity contribution in [2.75, 3.05) is 0 Å². The van der Waals surface area contributed by atoms with Crippen molar-refractivity contribution < 1.29 is 9.31 Å². The smallest absolute Gasteiger partial charge is 0.258 e. The molecule has 0 aliphatic rings. The molecule has 0 atom stereocenters. The Morgan fingerprint density at radius 2 is 2.16 bits per heavy atom. The number of hydrogen-bond donors (Lipinski definition) is 0. The summed E-state index contributed by atoms with van der Waals surface area (Å²) >= 11 is 3.12. The molecule has 0 bridgehead atoms. The predicted octanol–water partition coefficient (Wildman–Crippen LogP) is 3.43. The predicted molar refractivity (Wildman–Crippen MR) is 68.7 cm³/mol. The summed E-state index contributed by atoms with van der Waals surface area (Å²) in [6.45, 7) is 0. The molecule has 0 unspecified atom stereocenters. The second-order valence-electron chi connectivity index (χ2n) is 3.59. The molecule has 5 nitrogen and oxygen atoms in total. The summed E-state index contributed by atoms with van der Waals surface area (Å²) in [4.78, 5) is 13.9. The highest BCUT2D eigenvalue weighted by Crippen LogP contribution is 2.30. The van der Waals surface area contributed by atoms with Crippen molar-refractivity contribution in [2.45, 2.75) is 0 Å². The van der Waals surface area contributed by atoms with Crippen LogP contribution in [-0.4, -0.2) is 9.91 Å². The third kappa shape index (κ3) is 2.58. The normalized spacial score (nSPS) is 9.95. The van der Waals surface area contributed by atoms with Crippen LogP contribution in [0.1, 0.15) is 5.56 Å². The van der Waals surface area contributed by atoms with Crippen molar-refractivity contribution >= 4 is 21.6 Å². The number of rotatable bonds is 2. The Balaban J connectivity index is 2.54. The molecule has 7 heteroatoms. The minimum atomic E-state index is -0.610. The van der Waals surface area contributed by atoms with Gasteiger partial charge in [0.2, 0.25) is 0 Å². The summed E-state index contributed by atoms with van der Waals surface area (Å²) in [5.41, 5.74) is 0.414. The monoisotopic (exact) mass is 321 g/mol. The third-order valence-corrected chi connectivity index (χ3v) is 3.00. The minimum Gasteiger partial charge on any atom is -0.258 e. The maximum atomic E-state index is 13.8. The molecule has 94 valence electrons. The number of hydrogen-bond acceptors (Lipinski definition) is 4. The van der Waals surface area contributed by atoms with Gasteiger partial charge in [-0.25, -0.2) is 9.37 Å². The van der Waals surface area contributed by atoms with E-state index in [1.54, 1.807) is 0 Å². The summed E-state index contributed by atoms with van der Waals surface area (Å²) in [6.07, 6.45) is 1.05. The maximum Gasteiger partial charge on any atom is 0.288 e. The summed E-state index contributed by atoms with van der Waals surface area (Å²) in [5, 5.41) is 19.2. The average Bonchev–Trinajstić information content (AvgIpc) is 2.39. The minimum absolute atomic E-state index is 0.167. The zero-order valence-corrected chi connectivity index (χ0v) is 10.9. The lowest BCUT2D eigenvalue weighted by Gasteiger charge is -2.05. The first-order valence-corrected chi connectivity index (χ1v) is 5.82. The molecule has 0 aliphatic carbocycles. The summed E-state index contributed by atoms with van der Waals surface area (Å²) in [7, 11) is 0. The molecule has 2 aromatic rings. The molecule has 0 aliphatic heterocycles. The van der Waals surface area contributed by atoms with Gasteiger partial charge in [0, 0.05) is 11.6 Å². The molecule has 1 aromatic carbocycles. The van der Waals surface area contributed by atoms with Crippen molar-refractivity contribution in [1.82, 2.24) is 4.98 Å². The Labute approximate surface area is 115 Å². The molecule has 0 spiro atoms. The number of nitriles is 1. The van der Waals surface area contributed by atoms with E-state index in [0.717, 1.165) is 12.3 Å². The van der Waals surface area contributed by atoms with E-state index in [-0.39, 0.29) is 22.5 Å². The molecule has 0 radical (unpaired) electrons. The van der Waals surface area contributed by atoms with Gasteiger partial charge in [0.25, 0.3) is 5.69 Å². The van der Waals surface area contributed by atoms with Gasteiger partial charge in [-0.15, -0.1) is 0 Å². The van der Waals surface area contributed by atoms with Crippen LogP contribution in [0.5, 0.6) is 0 Å². The highest BCUT2D eigenvalue weighted by molar-refractivity contribution is 9.10. The van der Waals surface area contributed by atoms with Gasteiger partial charge < -0.3 is 0 Å². The van der Waals surface area contributed by atoms with Crippen LogP contribution in [-0.2, 0) is 0 Å². The largest absolute Gasteiger partial charge is 0.288 e. The molecular formula is C12H5BrFN3O2. The lowest BCUT2D eigenvalue weighted by molar-refractivity contribution is -0.385. The number of aromatic nitrogens is 1. The standard InChI is InChI=1S/C12H5BrFN3O2/c13-10-4-8(17(18)19)6-16-12(10)9-2-1-7(5-15)3-11(9)14/h1-4,6H. The average molecular weight is 322 g/mol. The van der Waals surface area contributed by atoms with Gasteiger partial charge in [0.1, 0.15) is 12.0 Å². The molecule has 0 amide bonds. The van der Waals surface area contributed by atoms with Crippen LogP contribution in [0.2, 0.25) is 0 Å². The van der Waals surface area contributed by atoms with Crippen molar-refractivity contribution in [2.24, 2.45) is 0 Å².